The van der Waals surface area contributed by atoms with Crippen LogP contribution in [0.2, 0.25) is 0 Å². The largest absolute Gasteiger partial charge is 0.480 e. The Bertz CT molecular complexity index is 125. The van der Waals surface area contributed by atoms with Crippen molar-refractivity contribution in [2.75, 3.05) is 6.54 Å². The first kappa shape index (κ1) is 9.10. The highest BCUT2D eigenvalue weighted by atomic mass is 16.4. The lowest BCUT2D eigenvalue weighted by Gasteiger charge is -2.02. The first-order chi connectivity index (χ1) is 4.68. The molecule has 0 aliphatic carbocycles. The summed E-state index contributed by atoms with van der Waals surface area (Å²) in [6.45, 7) is 3.85. The summed E-state index contributed by atoms with van der Waals surface area (Å²) in [5.74, 6) is -0.955. The van der Waals surface area contributed by atoms with Crippen LogP contribution in [0.3, 0.4) is 0 Å². The molecule has 4 heteroatoms. The van der Waals surface area contributed by atoms with E-state index >= 15 is 0 Å². The van der Waals surface area contributed by atoms with Crippen LogP contribution in [-0.4, -0.2) is 30.4 Å². The summed E-state index contributed by atoms with van der Waals surface area (Å²) in [7, 11) is 0. The Labute approximate surface area is 59.8 Å². The second kappa shape index (κ2) is 4.93. The van der Waals surface area contributed by atoms with Crippen LogP contribution in [0.15, 0.2) is 4.99 Å². The Morgan fingerprint density at radius 3 is 2.80 bits per heavy atom. The lowest BCUT2D eigenvalue weighted by molar-refractivity contribution is -0.138. The SMILES string of the molecule is C=NCCC[C@H](N)C(=O)O. The summed E-state index contributed by atoms with van der Waals surface area (Å²) in [5, 5.41) is 8.31. The Balaban J connectivity index is 3.30. The fraction of sp³-hybridized carbons (Fsp3) is 0.667. The van der Waals surface area contributed by atoms with Crippen molar-refractivity contribution in [3.8, 4) is 0 Å². The second-order valence-electron chi connectivity index (χ2n) is 2.03. The third kappa shape index (κ3) is 4.03. The van der Waals surface area contributed by atoms with Gasteiger partial charge in [0, 0.05) is 6.54 Å². The molecule has 0 aromatic carbocycles. The number of rotatable bonds is 5. The third-order valence-electron chi connectivity index (χ3n) is 1.15. The molecule has 0 aromatic rings. The first-order valence-corrected chi connectivity index (χ1v) is 3.09. The molecular weight excluding hydrogens is 132 g/mol. The number of nitrogens with two attached hydrogens (primary N) is 1. The van der Waals surface area contributed by atoms with Gasteiger partial charge in [0.05, 0.1) is 0 Å². The average Bonchev–Trinajstić information content (AvgIpc) is 1.88. The van der Waals surface area contributed by atoms with E-state index in [1.807, 2.05) is 0 Å². The Kier molecular flexibility index (Phi) is 4.49. The summed E-state index contributed by atoms with van der Waals surface area (Å²) in [4.78, 5) is 13.7. The van der Waals surface area contributed by atoms with Gasteiger partial charge in [0.1, 0.15) is 6.04 Å². The minimum atomic E-state index is -0.955. The lowest BCUT2D eigenvalue weighted by atomic mass is 10.2. The number of nitrogens with zero attached hydrogens (tertiary/aromatic N) is 1. The van der Waals surface area contributed by atoms with Crippen molar-refractivity contribution in [3.05, 3.63) is 0 Å². The van der Waals surface area contributed by atoms with Gasteiger partial charge in [0.15, 0.2) is 0 Å². The number of aliphatic imine (C=N–C) groups is 1. The molecule has 0 radical (unpaired) electrons. The highest BCUT2D eigenvalue weighted by Crippen LogP contribution is 1.93. The highest BCUT2D eigenvalue weighted by molar-refractivity contribution is 5.72. The van der Waals surface area contributed by atoms with E-state index < -0.39 is 12.0 Å². The molecule has 0 aromatic heterocycles. The summed E-state index contributed by atoms with van der Waals surface area (Å²) in [6, 6.07) is -0.748. The Morgan fingerprint density at radius 2 is 2.40 bits per heavy atom. The van der Waals surface area contributed by atoms with E-state index in [-0.39, 0.29) is 0 Å². The zero-order chi connectivity index (χ0) is 7.98. The van der Waals surface area contributed by atoms with Crippen LogP contribution < -0.4 is 5.73 Å². The molecule has 0 aliphatic heterocycles. The van der Waals surface area contributed by atoms with Gasteiger partial charge in [-0.3, -0.25) is 4.79 Å². The van der Waals surface area contributed by atoms with Crippen LogP contribution in [0.4, 0.5) is 0 Å². The van der Waals surface area contributed by atoms with Gasteiger partial charge >= 0.3 is 5.97 Å². The molecule has 0 bridgehead atoms. The number of carbonyl (C=O) groups is 1. The van der Waals surface area contributed by atoms with Gasteiger partial charge in [-0.1, -0.05) is 0 Å². The molecule has 0 amide bonds. The molecule has 0 saturated carbocycles. The topological polar surface area (TPSA) is 75.7 Å². The number of aliphatic carboxylic acids is 1. The summed E-state index contributed by atoms with van der Waals surface area (Å²) in [5.41, 5.74) is 5.20. The molecule has 1 atom stereocenters. The van der Waals surface area contributed by atoms with Crippen LogP contribution in [0.1, 0.15) is 12.8 Å². The maximum absolute atomic E-state index is 10.1. The van der Waals surface area contributed by atoms with Gasteiger partial charge in [0.25, 0.3) is 0 Å². The van der Waals surface area contributed by atoms with Crippen LogP contribution in [0.25, 0.3) is 0 Å². The van der Waals surface area contributed by atoms with Gasteiger partial charge < -0.3 is 15.8 Å². The summed E-state index contributed by atoms with van der Waals surface area (Å²) < 4.78 is 0. The van der Waals surface area contributed by atoms with Crippen LogP contribution >= 0.6 is 0 Å². The fourth-order valence-corrected chi connectivity index (χ4v) is 0.546. The monoisotopic (exact) mass is 144 g/mol. The Hall–Kier alpha value is -0.900. The first-order valence-electron chi connectivity index (χ1n) is 3.09. The van der Waals surface area contributed by atoms with Crippen molar-refractivity contribution >= 4 is 12.7 Å². The van der Waals surface area contributed by atoms with E-state index in [1.165, 1.54) is 0 Å². The summed E-state index contributed by atoms with van der Waals surface area (Å²) in [6.07, 6.45) is 1.16. The molecule has 0 heterocycles. The number of carboxylic acid groups (broad SMARTS) is 1. The van der Waals surface area contributed by atoms with Gasteiger partial charge in [-0.05, 0) is 19.6 Å². The van der Waals surface area contributed by atoms with Gasteiger partial charge in [-0.15, -0.1) is 0 Å². The van der Waals surface area contributed by atoms with Gasteiger partial charge in [-0.25, -0.2) is 0 Å². The molecule has 4 nitrogen and oxygen atoms in total. The fourth-order valence-electron chi connectivity index (χ4n) is 0.546. The molecule has 3 N–H and O–H groups in total. The minimum Gasteiger partial charge on any atom is -0.480 e. The molecule has 0 spiro atoms. The van der Waals surface area contributed by atoms with Crippen LogP contribution in [0.5, 0.6) is 0 Å². The van der Waals surface area contributed by atoms with E-state index in [0.717, 1.165) is 0 Å². The van der Waals surface area contributed by atoms with Crippen LogP contribution in [-0.2, 0) is 4.79 Å². The van der Waals surface area contributed by atoms with Crippen molar-refractivity contribution in [2.45, 2.75) is 18.9 Å². The number of hydrogen-bond acceptors (Lipinski definition) is 3. The van der Waals surface area contributed by atoms with Crippen molar-refractivity contribution in [1.29, 1.82) is 0 Å². The van der Waals surface area contributed by atoms with Crippen molar-refractivity contribution in [2.24, 2.45) is 10.7 Å². The zero-order valence-electron chi connectivity index (χ0n) is 5.79. The normalized spacial score (nSPS) is 12.5. The third-order valence-corrected chi connectivity index (χ3v) is 1.15. The molecule has 10 heavy (non-hydrogen) atoms. The van der Waals surface area contributed by atoms with Gasteiger partial charge in [0.2, 0.25) is 0 Å². The predicted molar refractivity (Wildman–Crippen MR) is 39.3 cm³/mol. The van der Waals surface area contributed by atoms with Crippen LogP contribution in [0, 0.1) is 0 Å². The molecule has 0 fully saturated rings. The standard InChI is InChI=1S/C6H12N2O2/c1-8-4-2-3-5(7)6(9)10/h5H,1-4,7H2,(H,9,10)/t5-/m0/s1. The van der Waals surface area contributed by atoms with E-state index in [0.29, 0.717) is 19.4 Å². The van der Waals surface area contributed by atoms with E-state index in [1.54, 1.807) is 0 Å². The average molecular weight is 144 g/mol. The van der Waals surface area contributed by atoms with Crippen molar-refractivity contribution in [1.82, 2.24) is 0 Å². The minimum absolute atomic E-state index is 0.467. The van der Waals surface area contributed by atoms with E-state index in [9.17, 15) is 4.79 Å². The molecular formula is C6H12N2O2. The maximum Gasteiger partial charge on any atom is 0.320 e. The smallest absolute Gasteiger partial charge is 0.320 e. The van der Waals surface area contributed by atoms with E-state index in [2.05, 4.69) is 11.7 Å². The highest BCUT2D eigenvalue weighted by Gasteiger charge is 2.09. The summed E-state index contributed by atoms with van der Waals surface area (Å²) >= 11 is 0. The lowest BCUT2D eigenvalue weighted by Crippen LogP contribution is -2.29. The van der Waals surface area contributed by atoms with Crippen molar-refractivity contribution in [3.63, 3.8) is 0 Å². The molecule has 0 saturated heterocycles. The second-order valence-corrected chi connectivity index (χ2v) is 2.03. The zero-order valence-corrected chi connectivity index (χ0v) is 5.79. The number of carboxylic acids is 1. The molecule has 0 rings (SSSR count). The molecule has 58 valence electrons. The quantitative estimate of drug-likeness (QED) is 0.417. The maximum atomic E-state index is 10.1. The Morgan fingerprint density at radius 1 is 1.80 bits per heavy atom. The molecule has 0 aliphatic rings. The van der Waals surface area contributed by atoms with Crippen molar-refractivity contribution < 1.29 is 9.90 Å². The predicted octanol–water partition coefficient (Wildman–Crippen LogP) is -0.121. The van der Waals surface area contributed by atoms with Gasteiger partial charge in [-0.2, -0.15) is 0 Å². The number of hydrogen-bond donors (Lipinski definition) is 2. The van der Waals surface area contributed by atoms with E-state index in [4.69, 9.17) is 10.8 Å². The molecule has 0 unspecified atom stereocenters.